The average molecular weight is 237 g/mol. The van der Waals surface area contributed by atoms with Crippen LogP contribution in [0.15, 0.2) is 10.8 Å². The molecule has 1 heterocycles. The van der Waals surface area contributed by atoms with Crippen LogP contribution in [0.25, 0.3) is 0 Å². The van der Waals surface area contributed by atoms with Gasteiger partial charge in [0.2, 0.25) is 0 Å². The molecule has 1 N–H and O–H groups in total. The molecule has 0 saturated carbocycles. The first-order valence-corrected chi connectivity index (χ1v) is 3.69. The van der Waals surface area contributed by atoms with Crippen molar-refractivity contribution in [3.05, 3.63) is 21.6 Å². The van der Waals surface area contributed by atoms with Gasteiger partial charge in [0.15, 0.2) is 10.8 Å². The zero-order valence-electron chi connectivity index (χ0n) is 5.08. The lowest BCUT2D eigenvalue weighted by atomic mass is 10.5. The van der Waals surface area contributed by atoms with Crippen molar-refractivity contribution >= 4 is 33.5 Å². The van der Waals surface area contributed by atoms with E-state index < -0.39 is 5.97 Å². The van der Waals surface area contributed by atoms with Crippen LogP contribution >= 0.6 is 27.5 Å². The Morgan fingerprint density at radius 1 is 1.73 bits per heavy atom. The van der Waals surface area contributed by atoms with Crippen LogP contribution in [-0.4, -0.2) is 21.0 Å². The van der Waals surface area contributed by atoms with Crippen molar-refractivity contribution in [1.29, 1.82) is 0 Å². The van der Waals surface area contributed by atoms with E-state index in [4.69, 9.17) is 16.7 Å². The smallest absolute Gasteiger partial charge is 0.356 e. The monoisotopic (exact) mass is 236 g/mol. The predicted molar refractivity (Wildman–Crippen MR) is 41.7 cm³/mol. The normalized spacial score (nSPS) is 9.64. The summed E-state index contributed by atoms with van der Waals surface area (Å²) in [6, 6.07) is 0. The molecule has 4 nitrogen and oxygen atoms in total. The van der Waals surface area contributed by atoms with Crippen molar-refractivity contribution in [3.8, 4) is 0 Å². The number of halogens is 2. The summed E-state index contributed by atoms with van der Waals surface area (Å²) in [5, 5.41) is 8.47. The van der Waals surface area contributed by atoms with Crippen LogP contribution in [0.1, 0.15) is 10.5 Å². The van der Waals surface area contributed by atoms with Gasteiger partial charge in [0.1, 0.15) is 4.60 Å². The van der Waals surface area contributed by atoms with E-state index in [9.17, 15) is 4.79 Å². The summed E-state index contributed by atoms with van der Waals surface area (Å²) in [6.45, 7) is 0. The van der Waals surface area contributed by atoms with Crippen molar-refractivity contribution in [1.82, 2.24) is 9.97 Å². The molecule has 0 atom stereocenters. The van der Waals surface area contributed by atoms with E-state index in [2.05, 4.69) is 25.9 Å². The molecule has 0 unspecified atom stereocenters. The highest BCUT2D eigenvalue weighted by molar-refractivity contribution is 9.10. The van der Waals surface area contributed by atoms with Crippen LogP contribution in [-0.2, 0) is 0 Å². The van der Waals surface area contributed by atoms with Crippen LogP contribution < -0.4 is 0 Å². The highest BCUT2D eigenvalue weighted by atomic mass is 79.9. The first-order chi connectivity index (χ1) is 5.11. The van der Waals surface area contributed by atoms with Crippen molar-refractivity contribution in [3.63, 3.8) is 0 Å². The van der Waals surface area contributed by atoms with Gasteiger partial charge in [0, 0.05) is 0 Å². The molecule has 0 aliphatic carbocycles. The fourth-order valence-corrected chi connectivity index (χ4v) is 0.786. The molecule has 0 spiro atoms. The SMILES string of the molecule is O=C(O)c1cnc(Br)c(Cl)n1. The quantitative estimate of drug-likeness (QED) is 0.805. The summed E-state index contributed by atoms with van der Waals surface area (Å²) in [5.41, 5.74) is -0.168. The molecule has 1 aromatic rings. The number of carboxylic acid groups (broad SMARTS) is 1. The summed E-state index contributed by atoms with van der Waals surface area (Å²) in [6.07, 6.45) is 1.12. The molecule has 6 heteroatoms. The predicted octanol–water partition coefficient (Wildman–Crippen LogP) is 1.59. The van der Waals surface area contributed by atoms with Crippen molar-refractivity contribution < 1.29 is 9.90 Å². The van der Waals surface area contributed by atoms with E-state index in [1.807, 2.05) is 0 Å². The van der Waals surface area contributed by atoms with Gasteiger partial charge < -0.3 is 5.11 Å². The van der Waals surface area contributed by atoms with Gasteiger partial charge in [-0.1, -0.05) is 11.6 Å². The molecule has 11 heavy (non-hydrogen) atoms. The zero-order chi connectivity index (χ0) is 8.43. The number of nitrogens with zero attached hydrogens (tertiary/aromatic N) is 2. The third kappa shape index (κ3) is 1.87. The maximum Gasteiger partial charge on any atom is 0.356 e. The molecule has 0 aliphatic rings. The minimum atomic E-state index is -1.15. The highest BCUT2D eigenvalue weighted by Gasteiger charge is 2.07. The summed E-state index contributed by atoms with van der Waals surface area (Å²) >= 11 is 8.45. The van der Waals surface area contributed by atoms with Gasteiger partial charge in [-0.2, -0.15) is 0 Å². The minimum absolute atomic E-state index is 0.0462. The highest BCUT2D eigenvalue weighted by Crippen LogP contribution is 2.16. The Balaban J connectivity index is 3.15. The van der Waals surface area contributed by atoms with E-state index in [0.29, 0.717) is 4.60 Å². The van der Waals surface area contributed by atoms with Crippen molar-refractivity contribution in [2.24, 2.45) is 0 Å². The molecule has 0 bridgehead atoms. The summed E-state index contributed by atoms with van der Waals surface area (Å²) in [5.74, 6) is -1.15. The topological polar surface area (TPSA) is 63.1 Å². The molecular weight excluding hydrogens is 235 g/mol. The lowest BCUT2D eigenvalue weighted by Crippen LogP contribution is -2.01. The molecule has 0 amide bonds. The Kier molecular flexibility index (Phi) is 2.41. The number of aromatic nitrogens is 2. The molecule has 0 aliphatic heterocycles. The van der Waals surface area contributed by atoms with E-state index in [0.717, 1.165) is 6.20 Å². The van der Waals surface area contributed by atoms with Gasteiger partial charge in [-0.05, 0) is 15.9 Å². The second-order valence-electron chi connectivity index (χ2n) is 1.64. The standard InChI is InChI=1S/C5H2BrClN2O2/c6-3-4(7)9-2(1-8-3)5(10)11/h1H,(H,10,11). The van der Waals surface area contributed by atoms with Gasteiger partial charge in [0.25, 0.3) is 0 Å². The Hall–Kier alpha value is -0.680. The largest absolute Gasteiger partial charge is 0.476 e. The van der Waals surface area contributed by atoms with Gasteiger partial charge in [-0.15, -0.1) is 0 Å². The maximum atomic E-state index is 10.3. The Bertz CT molecular complexity index is 305. The van der Waals surface area contributed by atoms with Crippen LogP contribution in [0.5, 0.6) is 0 Å². The van der Waals surface area contributed by atoms with E-state index in [1.165, 1.54) is 0 Å². The summed E-state index contributed by atoms with van der Waals surface area (Å²) in [7, 11) is 0. The molecular formula is C5H2BrClN2O2. The van der Waals surface area contributed by atoms with Crippen LogP contribution in [0, 0.1) is 0 Å². The maximum absolute atomic E-state index is 10.3. The fourth-order valence-electron chi connectivity index (χ4n) is 0.455. The van der Waals surface area contributed by atoms with Gasteiger partial charge in [-0.3, -0.25) is 0 Å². The first-order valence-electron chi connectivity index (χ1n) is 2.52. The molecule has 1 rings (SSSR count). The molecule has 0 saturated heterocycles. The Labute approximate surface area is 75.4 Å². The minimum Gasteiger partial charge on any atom is -0.476 e. The average Bonchev–Trinajstić information content (AvgIpc) is 1.94. The van der Waals surface area contributed by atoms with Crippen LogP contribution in [0.2, 0.25) is 5.15 Å². The number of carboxylic acids is 1. The Morgan fingerprint density at radius 3 is 2.82 bits per heavy atom. The number of hydrogen-bond donors (Lipinski definition) is 1. The molecule has 58 valence electrons. The Morgan fingerprint density at radius 2 is 2.36 bits per heavy atom. The number of hydrogen-bond acceptors (Lipinski definition) is 3. The summed E-state index contributed by atoms with van der Waals surface area (Å²) in [4.78, 5) is 17.5. The molecule has 1 aromatic heterocycles. The van der Waals surface area contributed by atoms with Crippen LogP contribution in [0.3, 0.4) is 0 Å². The zero-order valence-corrected chi connectivity index (χ0v) is 7.43. The molecule has 0 radical (unpaired) electrons. The van der Waals surface area contributed by atoms with E-state index >= 15 is 0 Å². The van der Waals surface area contributed by atoms with E-state index in [1.54, 1.807) is 0 Å². The first kappa shape index (κ1) is 8.42. The number of rotatable bonds is 1. The third-order valence-electron chi connectivity index (χ3n) is 0.908. The molecule has 0 fully saturated rings. The fraction of sp³-hybridized carbons (Fsp3) is 0. The lowest BCUT2D eigenvalue weighted by molar-refractivity contribution is 0.0690. The summed E-state index contributed by atoms with van der Waals surface area (Å²) < 4.78 is 0.337. The lowest BCUT2D eigenvalue weighted by Gasteiger charge is -1.94. The number of aromatic carboxylic acids is 1. The molecule has 0 aromatic carbocycles. The third-order valence-corrected chi connectivity index (χ3v) is 1.98. The van der Waals surface area contributed by atoms with Crippen molar-refractivity contribution in [2.75, 3.05) is 0 Å². The van der Waals surface area contributed by atoms with Gasteiger partial charge >= 0.3 is 5.97 Å². The van der Waals surface area contributed by atoms with Crippen molar-refractivity contribution in [2.45, 2.75) is 0 Å². The number of carbonyl (C=O) groups is 1. The second-order valence-corrected chi connectivity index (χ2v) is 2.75. The van der Waals surface area contributed by atoms with Gasteiger partial charge in [0.05, 0.1) is 6.20 Å². The van der Waals surface area contributed by atoms with E-state index in [-0.39, 0.29) is 10.8 Å². The second kappa shape index (κ2) is 3.15. The van der Waals surface area contributed by atoms with Gasteiger partial charge in [-0.25, -0.2) is 14.8 Å². The van der Waals surface area contributed by atoms with Crippen LogP contribution in [0.4, 0.5) is 0 Å².